The van der Waals surface area contributed by atoms with Gasteiger partial charge in [-0.1, -0.05) is 28.4 Å². The van der Waals surface area contributed by atoms with E-state index in [-0.39, 0.29) is 49.7 Å². The molecule has 14 heteroatoms. The number of pyridine rings is 2. The maximum absolute atomic E-state index is 12.9. The van der Waals surface area contributed by atoms with Gasteiger partial charge in [0.05, 0.1) is 42.0 Å². The summed E-state index contributed by atoms with van der Waals surface area (Å²) in [6.07, 6.45) is 5.02. The lowest BCUT2D eigenvalue weighted by Gasteiger charge is -2.12. The number of carboxylic acids is 1. The first-order valence-electron chi connectivity index (χ1n) is 12.5. The molecular formula is C27H23Cl2F2N3O7. The van der Waals surface area contributed by atoms with Crippen LogP contribution in [-0.4, -0.2) is 59.2 Å². The monoisotopic (exact) mass is 609 g/mol. The molecule has 0 aliphatic heterocycles. The van der Waals surface area contributed by atoms with Gasteiger partial charge in [0.25, 0.3) is 0 Å². The van der Waals surface area contributed by atoms with Gasteiger partial charge in [-0.3, -0.25) is 4.98 Å². The Morgan fingerprint density at radius 2 is 1.80 bits per heavy atom. The number of halogens is 4. The van der Waals surface area contributed by atoms with E-state index in [0.29, 0.717) is 33.0 Å². The van der Waals surface area contributed by atoms with Crippen molar-refractivity contribution < 1.29 is 42.2 Å². The summed E-state index contributed by atoms with van der Waals surface area (Å²) in [6.45, 7) is -1.94. The zero-order valence-electron chi connectivity index (χ0n) is 21.3. The van der Waals surface area contributed by atoms with Crippen molar-refractivity contribution in [3.05, 3.63) is 63.7 Å². The largest absolute Gasteiger partial charge is 0.491 e. The lowest BCUT2D eigenvalue weighted by molar-refractivity contribution is -0.0489. The van der Waals surface area contributed by atoms with Gasteiger partial charge in [-0.05, 0) is 31.0 Å². The highest BCUT2D eigenvalue weighted by Gasteiger charge is 2.33. The van der Waals surface area contributed by atoms with E-state index in [1.165, 1.54) is 24.5 Å². The fourth-order valence-electron chi connectivity index (χ4n) is 4.14. The van der Waals surface area contributed by atoms with Crippen LogP contribution in [0.25, 0.3) is 22.2 Å². The van der Waals surface area contributed by atoms with Crippen LogP contribution in [0.1, 0.15) is 40.6 Å². The minimum atomic E-state index is -3.13. The number of ether oxygens (including phenoxy) is 4. The molecule has 0 radical (unpaired) electrons. The summed E-state index contributed by atoms with van der Waals surface area (Å²) in [6, 6.07) is 5.40. The quantitative estimate of drug-likeness (QED) is 0.161. The van der Waals surface area contributed by atoms with Crippen LogP contribution < -0.4 is 9.47 Å². The second-order valence-corrected chi connectivity index (χ2v) is 9.82. The van der Waals surface area contributed by atoms with E-state index in [2.05, 4.69) is 19.9 Å². The highest BCUT2D eigenvalue weighted by molar-refractivity contribution is 6.38. The lowest BCUT2D eigenvalue weighted by atomic mass is 10.1. The number of hydrogen-bond donors (Lipinski definition) is 1. The molecule has 0 atom stereocenters. The Kier molecular flexibility index (Phi) is 9.13. The summed E-state index contributed by atoms with van der Waals surface area (Å²) in [5.41, 5.74) is 1.64. The molecule has 0 saturated heterocycles. The fraction of sp³-hybridized carbons (Fsp3) is 0.333. The second kappa shape index (κ2) is 12.9. The standard InChI is InChI=1S/C27H23Cl2F2N3O7/c28-18-11-32-12-19(29)23(18)24-17(25(41-34-24)14-1-2-14)13-38-6-5-37-7-8-39-15-3-4-20-16(9-15)22(40-27(30)31)10-21(33-20)26(35)36/h3-4,9-12,14,27H,1-2,5-8,13H2,(H,35,36). The van der Waals surface area contributed by atoms with E-state index < -0.39 is 18.3 Å². The Bertz CT molecular complexity index is 1530. The molecule has 1 aliphatic rings. The highest BCUT2D eigenvalue weighted by Crippen LogP contribution is 2.45. The number of alkyl halides is 2. The Morgan fingerprint density at radius 3 is 2.51 bits per heavy atom. The summed E-state index contributed by atoms with van der Waals surface area (Å²) in [7, 11) is 0. The molecule has 1 saturated carbocycles. The number of aromatic carboxylic acids is 1. The molecule has 1 aliphatic carbocycles. The summed E-state index contributed by atoms with van der Waals surface area (Å²) >= 11 is 12.7. The average Bonchev–Trinajstić information content (AvgIpc) is 3.70. The molecule has 0 bridgehead atoms. The number of rotatable bonds is 14. The van der Waals surface area contributed by atoms with Crippen molar-refractivity contribution in [1.29, 1.82) is 0 Å². The molecule has 41 heavy (non-hydrogen) atoms. The van der Waals surface area contributed by atoms with Crippen LogP contribution in [0.3, 0.4) is 0 Å². The molecule has 0 spiro atoms. The average molecular weight is 610 g/mol. The molecule has 3 aromatic heterocycles. The Labute approximate surface area is 242 Å². The molecule has 1 N–H and O–H groups in total. The van der Waals surface area contributed by atoms with Crippen LogP contribution in [-0.2, 0) is 16.1 Å². The van der Waals surface area contributed by atoms with Crippen molar-refractivity contribution in [3.8, 4) is 22.8 Å². The predicted molar refractivity (Wildman–Crippen MR) is 143 cm³/mol. The van der Waals surface area contributed by atoms with E-state index >= 15 is 0 Å². The van der Waals surface area contributed by atoms with Crippen molar-refractivity contribution in [2.45, 2.75) is 32.0 Å². The van der Waals surface area contributed by atoms with Crippen LogP contribution >= 0.6 is 23.2 Å². The zero-order valence-corrected chi connectivity index (χ0v) is 22.8. The van der Waals surface area contributed by atoms with Gasteiger partial charge in [0.15, 0.2) is 5.69 Å². The first-order valence-corrected chi connectivity index (χ1v) is 13.3. The minimum Gasteiger partial charge on any atom is -0.491 e. The zero-order chi connectivity index (χ0) is 28.9. The maximum atomic E-state index is 12.9. The number of carbonyl (C=O) groups is 1. The predicted octanol–water partition coefficient (Wildman–Crippen LogP) is 6.38. The normalized spacial score (nSPS) is 13.2. The van der Waals surface area contributed by atoms with Crippen molar-refractivity contribution in [1.82, 2.24) is 15.1 Å². The SMILES string of the molecule is O=C(O)c1cc(OC(F)F)c2cc(OCCOCCOCc3c(-c4c(Cl)cncc4Cl)noc3C3CC3)ccc2n1. The van der Waals surface area contributed by atoms with Gasteiger partial charge in [-0.15, -0.1) is 0 Å². The van der Waals surface area contributed by atoms with Crippen LogP contribution in [0.15, 0.2) is 41.2 Å². The Morgan fingerprint density at radius 1 is 1.07 bits per heavy atom. The number of hydrogen-bond acceptors (Lipinski definition) is 9. The number of carboxylic acid groups (broad SMARTS) is 1. The summed E-state index contributed by atoms with van der Waals surface area (Å²) in [4.78, 5) is 19.2. The summed E-state index contributed by atoms with van der Waals surface area (Å²) in [5.74, 6) is -0.256. The number of fused-ring (bicyclic) bond motifs is 1. The number of nitrogens with zero attached hydrogens (tertiary/aromatic N) is 3. The number of benzene rings is 1. The molecule has 216 valence electrons. The van der Waals surface area contributed by atoms with Crippen LogP contribution in [0.5, 0.6) is 11.5 Å². The fourth-order valence-corrected chi connectivity index (χ4v) is 4.68. The molecule has 3 heterocycles. The third-order valence-corrected chi connectivity index (χ3v) is 6.72. The first kappa shape index (κ1) is 28.9. The molecule has 1 fully saturated rings. The van der Waals surface area contributed by atoms with Crippen molar-refractivity contribution in [2.75, 3.05) is 26.4 Å². The lowest BCUT2D eigenvalue weighted by Crippen LogP contribution is -2.11. The molecule has 4 aromatic rings. The van der Waals surface area contributed by atoms with Crippen molar-refractivity contribution in [2.24, 2.45) is 0 Å². The third kappa shape index (κ3) is 7.02. The van der Waals surface area contributed by atoms with E-state index in [1.54, 1.807) is 6.07 Å². The van der Waals surface area contributed by atoms with Crippen molar-refractivity contribution >= 4 is 40.1 Å². The molecule has 0 amide bonds. The maximum Gasteiger partial charge on any atom is 0.387 e. The molecule has 10 nitrogen and oxygen atoms in total. The van der Waals surface area contributed by atoms with Gasteiger partial charge in [-0.2, -0.15) is 8.78 Å². The molecule has 5 rings (SSSR count). The number of aromatic nitrogens is 3. The third-order valence-electron chi connectivity index (χ3n) is 6.15. The van der Waals surface area contributed by atoms with Gasteiger partial charge >= 0.3 is 12.6 Å². The van der Waals surface area contributed by atoms with Crippen LogP contribution in [0.4, 0.5) is 8.78 Å². The minimum absolute atomic E-state index is 0.165. The van der Waals surface area contributed by atoms with Gasteiger partial charge in [0.1, 0.15) is 29.6 Å². The van der Waals surface area contributed by atoms with Crippen molar-refractivity contribution in [3.63, 3.8) is 0 Å². The topological polar surface area (TPSA) is 126 Å². The van der Waals surface area contributed by atoms with Gasteiger partial charge < -0.3 is 28.6 Å². The first-order chi connectivity index (χ1) is 19.8. The van der Waals surface area contributed by atoms with E-state index in [1.807, 2.05) is 0 Å². The van der Waals surface area contributed by atoms with E-state index in [4.69, 9.17) is 41.9 Å². The van der Waals surface area contributed by atoms with Gasteiger partial charge in [-0.25, -0.2) is 9.78 Å². The van der Waals surface area contributed by atoms with Gasteiger partial charge in [0, 0.05) is 40.9 Å². The Hall–Kier alpha value is -3.58. The summed E-state index contributed by atoms with van der Waals surface area (Å²) in [5, 5.41) is 14.3. The van der Waals surface area contributed by atoms with Crippen LogP contribution in [0.2, 0.25) is 10.0 Å². The van der Waals surface area contributed by atoms with Gasteiger partial charge in [0.2, 0.25) is 0 Å². The van der Waals surface area contributed by atoms with E-state index in [9.17, 15) is 18.7 Å². The second-order valence-electron chi connectivity index (χ2n) is 9.01. The molecular weight excluding hydrogens is 587 g/mol. The van der Waals surface area contributed by atoms with E-state index in [0.717, 1.165) is 30.2 Å². The van der Waals surface area contributed by atoms with Crippen LogP contribution in [0, 0.1) is 0 Å². The summed E-state index contributed by atoms with van der Waals surface area (Å²) < 4.78 is 52.9. The smallest absolute Gasteiger partial charge is 0.387 e. The molecule has 0 unspecified atom stereocenters. The highest BCUT2D eigenvalue weighted by atomic mass is 35.5. The molecule has 1 aromatic carbocycles. The Balaban J connectivity index is 1.11.